The third kappa shape index (κ3) is 3.21. The lowest BCUT2D eigenvalue weighted by atomic mass is 10.2. The van der Waals surface area contributed by atoms with E-state index >= 15 is 0 Å². The second-order valence-corrected chi connectivity index (χ2v) is 7.11. The van der Waals surface area contributed by atoms with Crippen LogP contribution in [-0.2, 0) is 0 Å². The molecule has 1 aromatic heterocycles. The lowest BCUT2D eigenvalue weighted by Crippen LogP contribution is -2.44. The standard InChI is InChI=1S/C18H20N4S/c1-21-8-10-22(11-9-21)14-2-4-15(5-3-14)23-16-6-7-17-18(12-16)20-13-19-17/h2-7,12-13H,8-11H2,1H3,(H,19,20). The van der Waals surface area contributed by atoms with Gasteiger partial charge in [-0.15, -0.1) is 0 Å². The maximum Gasteiger partial charge on any atom is 0.0931 e. The van der Waals surface area contributed by atoms with Crippen LogP contribution in [0.3, 0.4) is 0 Å². The maximum absolute atomic E-state index is 4.32. The Kier molecular flexibility index (Phi) is 3.97. The molecule has 4 rings (SSSR count). The van der Waals surface area contributed by atoms with Gasteiger partial charge in [-0.3, -0.25) is 0 Å². The lowest BCUT2D eigenvalue weighted by Gasteiger charge is -2.34. The number of anilines is 1. The first-order valence-corrected chi connectivity index (χ1v) is 8.74. The number of fused-ring (bicyclic) bond motifs is 1. The van der Waals surface area contributed by atoms with Gasteiger partial charge in [-0.2, -0.15) is 0 Å². The first kappa shape index (κ1) is 14.6. The molecule has 0 spiro atoms. The van der Waals surface area contributed by atoms with Gasteiger partial charge in [-0.25, -0.2) is 4.98 Å². The summed E-state index contributed by atoms with van der Waals surface area (Å²) in [6.07, 6.45) is 1.74. The average Bonchev–Trinajstić information content (AvgIpc) is 3.04. The van der Waals surface area contributed by atoms with E-state index in [1.54, 1.807) is 18.1 Å². The van der Waals surface area contributed by atoms with Crippen LogP contribution in [0.1, 0.15) is 0 Å². The van der Waals surface area contributed by atoms with E-state index in [0.717, 1.165) is 37.2 Å². The van der Waals surface area contributed by atoms with Crippen LogP contribution >= 0.6 is 11.8 Å². The van der Waals surface area contributed by atoms with Crippen LogP contribution in [-0.4, -0.2) is 48.1 Å². The molecule has 0 amide bonds. The van der Waals surface area contributed by atoms with Gasteiger partial charge in [-0.05, 0) is 49.5 Å². The Morgan fingerprint density at radius 1 is 0.957 bits per heavy atom. The van der Waals surface area contributed by atoms with Gasteiger partial charge in [0.25, 0.3) is 0 Å². The molecule has 1 fully saturated rings. The van der Waals surface area contributed by atoms with E-state index in [1.807, 2.05) is 0 Å². The van der Waals surface area contributed by atoms with E-state index < -0.39 is 0 Å². The van der Waals surface area contributed by atoms with Gasteiger partial charge in [0, 0.05) is 41.7 Å². The third-order valence-corrected chi connectivity index (χ3v) is 5.33. The summed E-state index contributed by atoms with van der Waals surface area (Å²) < 4.78 is 0. The van der Waals surface area contributed by atoms with Crippen LogP contribution in [0.15, 0.2) is 58.6 Å². The Morgan fingerprint density at radius 2 is 1.70 bits per heavy atom. The molecule has 3 aromatic rings. The number of aromatic amines is 1. The van der Waals surface area contributed by atoms with Crippen LogP contribution in [0.2, 0.25) is 0 Å². The van der Waals surface area contributed by atoms with Crippen molar-refractivity contribution in [2.75, 3.05) is 38.1 Å². The van der Waals surface area contributed by atoms with E-state index in [-0.39, 0.29) is 0 Å². The predicted octanol–water partition coefficient (Wildman–Crippen LogP) is 3.47. The second-order valence-electron chi connectivity index (χ2n) is 5.97. The molecule has 1 aliphatic rings. The molecule has 0 aliphatic carbocycles. The Morgan fingerprint density at radius 3 is 2.48 bits per heavy atom. The predicted molar refractivity (Wildman–Crippen MR) is 96.4 cm³/mol. The first-order chi connectivity index (χ1) is 11.3. The Balaban J connectivity index is 1.47. The van der Waals surface area contributed by atoms with Crippen molar-refractivity contribution in [2.45, 2.75) is 9.79 Å². The first-order valence-electron chi connectivity index (χ1n) is 7.92. The number of benzene rings is 2. The minimum absolute atomic E-state index is 1.02. The van der Waals surface area contributed by atoms with Gasteiger partial charge in [0.2, 0.25) is 0 Å². The zero-order chi connectivity index (χ0) is 15.6. The molecule has 23 heavy (non-hydrogen) atoms. The van der Waals surface area contributed by atoms with Crippen LogP contribution in [0.25, 0.3) is 11.0 Å². The Hall–Kier alpha value is -1.98. The summed E-state index contributed by atoms with van der Waals surface area (Å²) in [4.78, 5) is 14.8. The average molecular weight is 324 g/mol. The van der Waals surface area contributed by atoms with Crippen LogP contribution in [0.4, 0.5) is 5.69 Å². The molecule has 0 bridgehead atoms. The number of aromatic nitrogens is 2. The topological polar surface area (TPSA) is 35.2 Å². The van der Waals surface area contributed by atoms with Crippen molar-refractivity contribution in [1.29, 1.82) is 0 Å². The molecule has 2 aromatic carbocycles. The zero-order valence-corrected chi connectivity index (χ0v) is 14.0. The van der Waals surface area contributed by atoms with Crippen molar-refractivity contribution >= 4 is 28.5 Å². The number of hydrogen-bond acceptors (Lipinski definition) is 4. The van der Waals surface area contributed by atoms with E-state index in [9.17, 15) is 0 Å². The monoisotopic (exact) mass is 324 g/mol. The SMILES string of the molecule is CN1CCN(c2ccc(Sc3ccc4[nH]cnc4c3)cc2)CC1. The fourth-order valence-electron chi connectivity index (χ4n) is 2.90. The molecule has 1 aliphatic heterocycles. The van der Waals surface area contributed by atoms with Crippen LogP contribution in [0, 0.1) is 0 Å². The minimum Gasteiger partial charge on any atom is -0.369 e. The number of piperazine rings is 1. The smallest absolute Gasteiger partial charge is 0.0931 e. The van der Waals surface area contributed by atoms with Crippen molar-refractivity contribution in [3.8, 4) is 0 Å². The van der Waals surface area contributed by atoms with Gasteiger partial charge in [0.05, 0.1) is 17.4 Å². The second kappa shape index (κ2) is 6.26. The number of likely N-dealkylation sites (N-methyl/N-ethyl adjacent to an activating group) is 1. The molecule has 1 N–H and O–H groups in total. The number of H-pyrrole nitrogens is 1. The van der Waals surface area contributed by atoms with Crippen LogP contribution < -0.4 is 4.90 Å². The van der Waals surface area contributed by atoms with E-state index in [4.69, 9.17) is 0 Å². The fourth-order valence-corrected chi connectivity index (χ4v) is 3.75. The lowest BCUT2D eigenvalue weighted by molar-refractivity contribution is 0.313. The largest absolute Gasteiger partial charge is 0.369 e. The van der Waals surface area contributed by atoms with E-state index in [1.165, 1.54) is 15.5 Å². The van der Waals surface area contributed by atoms with Gasteiger partial charge in [0.1, 0.15) is 0 Å². The minimum atomic E-state index is 1.02. The molecule has 5 heteroatoms. The summed E-state index contributed by atoms with van der Waals surface area (Å²) in [6, 6.07) is 15.3. The molecule has 2 heterocycles. The van der Waals surface area contributed by atoms with Gasteiger partial charge in [0.15, 0.2) is 0 Å². The highest BCUT2D eigenvalue weighted by Crippen LogP contribution is 2.30. The van der Waals surface area contributed by atoms with Crippen molar-refractivity contribution in [3.63, 3.8) is 0 Å². The molecular weight excluding hydrogens is 304 g/mol. The summed E-state index contributed by atoms with van der Waals surface area (Å²) in [5, 5.41) is 0. The molecule has 4 nitrogen and oxygen atoms in total. The molecule has 0 atom stereocenters. The highest BCUT2D eigenvalue weighted by molar-refractivity contribution is 7.99. The molecule has 0 radical (unpaired) electrons. The van der Waals surface area contributed by atoms with Gasteiger partial charge < -0.3 is 14.8 Å². The molecule has 118 valence electrons. The van der Waals surface area contributed by atoms with E-state index in [0.29, 0.717) is 0 Å². The zero-order valence-electron chi connectivity index (χ0n) is 13.2. The van der Waals surface area contributed by atoms with E-state index in [2.05, 4.69) is 69.3 Å². The summed E-state index contributed by atoms with van der Waals surface area (Å²) in [7, 11) is 2.19. The molecule has 1 saturated heterocycles. The van der Waals surface area contributed by atoms with Crippen LogP contribution in [0.5, 0.6) is 0 Å². The summed E-state index contributed by atoms with van der Waals surface area (Å²) in [5.74, 6) is 0. The summed E-state index contributed by atoms with van der Waals surface area (Å²) in [5.41, 5.74) is 3.43. The molecule has 0 saturated carbocycles. The highest BCUT2D eigenvalue weighted by atomic mass is 32.2. The number of hydrogen-bond donors (Lipinski definition) is 1. The Labute approximate surface area is 140 Å². The van der Waals surface area contributed by atoms with Gasteiger partial charge >= 0.3 is 0 Å². The maximum atomic E-state index is 4.32. The number of nitrogens with zero attached hydrogens (tertiary/aromatic N) is 3. The summed E-state index contributed by atoms with van der Waals surface area (Å²) in [6.45, 7) is 4.50. The normalized spacial score (nSPS) is 16.1. The molecular formula is C18H20N4S. The number of nitrogens with one attached hydrogen (secondary N) is 1. The molecule has 0 unspecified atom stereocenters. The van der Waals surface area contributed by atoms with Gasteiger partial charge in [-0.1, -0.05) is 11.8 Å². The van der Waals surface area contributed by atoms with Crippen molar-refractivity contribution < 1.29 is 0 Å². The fraction of sp³-hybridized carbons (Fsp3) is 0.278. The summed E-state index contributed by atoms with van der Waals surface area (Å²) >= 11 is 1.78. The Bertz CT molecular complexity index is 788. The number of rotatable bonds is 3. The quantitative estimate of drug-likeness (QED) is 0.800. The van der Waals surface area contributed by atoms with Crippen molar-refractivity contribution in [3.05, 3.63) is 48.8 Å². The van der Waals surface area contributed by atoms with Crippen molar-refractivity contribution in [1.82, 2.24) is 14.9 Å². The van der Waals surface area contributed by atoms with Crippen molar-refractivity contribution in [2.24, 2.45) is 0 Å². The number of imidazole rings is 1. The third-order valence-electron chi connectivity index (χ3n) is 4.33. The highest BCUT2D eigenvalue weighted by Gasteiger charge is 2.14.